The van der Waals surface area contributed by atoms with Gasteiger partial charge in [0, 0.05) is 30.7 Å². The highest BCUT2D eigenvalue weighted by Crippen LogP contribution is 2.17. The number of aromatic nitrogens is 1. The van der Waals surface area contributed by atoms with Gasteiger partial charge in [0.25, 0.3) is 0 Å². The van der Waals surface area contributed by atoms with Crippen molar-refractivity contribution in [2.75, 3.05) is 25.6 Å². The summed E-state index contributed by atoms with van der Waals surface area (Å²) in [5, 5.41) is 25.8. The predicted molar refractivity (Wildman–Crippen MR) is 125 cm³/mol. The van der Waals surface area contributed by atoms with E-state index in [-0.39, 0.29) is 31.0 Å². The number of urea groups is 1. The fourth-order valence-corrected chi connectivity index (χ4v) is 3.34. The van der Waals surface area contributed by atoms with E-state index < -0.39 is 42.5 Å². The summed E-state index contributed by atoms with van der Waals surface area (Å²) in [5.41, 5.74) is -0.0443. The molecule has 4 N–H and O–H groups in total. The molecule has 0 fully saturated rings. The lowest BCUT2D eigenvalue weighted by Gasteiger charge is -2.29. The Morgan fingerprint density at radius 3 is 2.63 bits per heavy atom. The fraction of sp³-hybridized carbons (Fsp3) is 0.292. The van der Waals surface area contributed by atoms with Crippen molar-refractivity contribution in [2.45, 2.75) is 25.1 Å². The molecule has 3 rings (SSSR count). The zero-order valence-electron chi connectivity index (χ0n) is 18.9. The van der Waals surface area contributed by atoms with E-state index in [9.17, 15) is 28.6 Å². The van der Waals surface area contributed by atoms with Gasteiger partial charge in [-0.05, 0) is 23.9 Å². The van der Waals surface area contributed by atoms with E-state index >= 15 is 0 Å². The van der Waals surface area contributed by atoms with E-state index in [4.69, 9.17) is 4.74 Å². The molecule has 0 aliphatic rings. The van der Waals surface area contributed by atoms with Crippen molar-refractivity contribution in [3.8, 4) is 0 Å². The number of aliphatic hydroxyl groups is 2. The van der Waals surface area contributed by atoms with Gasteiger partial charge in [0.05, 0.1) is 18.8 Å². The Morgan fingerprint density at radius 1 is 1.14 bits per heavy atom. The largest absolute Gasteiger partial charge is 0.447 e. The van der Waals surface area contributed by atoms with Gasteiger partial charge in [-0.1, -0.05) is 36.4 Å². The number of aliphatic hydroxyl groups excluding tert-OH is 2. The molecule has 2 atom stereocenters. The van der Waals surface area contributed by atoms with Gasteiger partial charge in [-0.15, -0.1) is 0 Å². The number of hydrogen-bond donors (Lipinski definition) is 4. The Balaban J connectivity index is 1.59. The molecule has 0 bridgehead atoms. The van der Waals surface area contributed by atoms with Crippen molar-refractivity contribution in [1.82, 2.24) is 15.2 Å². The molecule has 1 aromatic heterocycles. The van der Waals surface area contributed by atoms with Crippen LogP contribution in [0, 0.1) is 11.6 Å². The lowest BCUT2D eigenvalue weighted by molar-refractivity contribution is 0.0480. The Morgan fingerprint density at radius 2 is 1.89 bits per heavy atom. The molecule has 2 aromatic carbocycles. The van der Waals surface area contributed by atoms with Gasteiger partial charge < -0.3 is 25.2 Å². The van der Waals surface area contributed by atoms with Gasteiger partial charge in [0.2, 0.25) is 0 Å². The van der Waals surface area contributed by atoms with E-state index in [1.165, 1.54) is 19.2 Å². The molecule has 0 saturated carbocycles. The third-order valence-electron chi connectivity index (χ3n) is 5.35. The lowest BCUT2D eigenvalue weighted by Crippen LogP contribution is -2.47. The summed E-state index contributed by atoms with van der Waals surface area (Å²) in [4.78, 5) is 30.2. The average molecular weight is 488 g/mol. The molecule has 11 heteroatoms. The number of ether oxygens (including phenoxy) is 1. The number of carbonyl (C=O) groups excluding carboxylic acids is 2. The van der Waals surface area contributed by atoms with Crippen LogP contribution in [0.1, 0.15) is 12.0 Å². The summed E-state index contributed by atoms with van der Waals surface area (Å²) in [6.45, 7) is -1.15. The molecule has 1 unspecified atom stereocenters. The van der Waals surface area contributed by atoms with E-state index in [0.717, 1.165) is 21.7 Å². The van der Waals surface area contributed by atoms with Crippen LogP contribution in [0.25, 0.3) is 10.8 Å². The Labute approximate surface area is 200 Å². The van der Waals surface area contributed by atoms with Crippen LogP contribution in [0.3, 0.4) is 0 Å². The standard InChI is InChI=1S/C24H26F2N4O5/c1-30(23(33)28-12-17-7-4-8-20(25)22(17)26)18(10-19(32)13-31)14-35-24(34)29-21-9-15-5-2-3-6-16(15)11-27-21/h2-9,11,18-19,31-32H,10,12-14H2,1H3,(H,28,33)(H,27,29,34)/t18-,19?/m0/s1. The number of hydrogen-bond acceptors (Lipinski definition) is 6. The van der Waals surface area contributed by atoms with Gasteiger partial charge in [-0.25, -0.2) is 23.4 Å². The van der Waals surface area contributed by atoms with Crippen LogP contribution >= 0.6 is 0 Å². The molecule has 3 aromatic rings. The number of benzene rings is 2. The third-order valence-corrected chi connectivity index (χ3v) is 5.35. The molecule has 0 radical (unpaired) electrons. The zero-order valence-corrected chi connectivity index (χ0v) is 18.9. The minimum absolute atomic E-state index is 0.0443. The molecular formula is C24H26F2N4O5. The SMILES string of the molecule is CN(C(=O)NCc1cccc(F)c1F)[C@H](COC(=O)Nc1cc2ccccc2cn1)CC(O)CO. The number of anilines is 1. The number of nitrogens with one attached hydrogen (secondary N) is 2. The minimum Gasteiger partial charge on any atom is -0.447 e. The number of rotatable bonds is 9. The van der Waals surface area contributed by atoms with Gasteiger partial charge in [0.15, 0.2) is 11.6 Å². The summed E-state index contributed by atoms with van der Waals surface area (Å²) in [6.07, 6.45) is -0.502. The second-order valence-corrected chi connectivity index (χ2v) is 7.85. The van der Waals surface area contributed by atoms with Crippen molar-refractivity contribution in [2.24, 2.45) is 0 Å². The first-order valence-electron chi connectivity index (χ1n) is 10.8. The maximum Gasteiger partial charge on any atom is 0.412 e. The van der Waals surface area contributed by atoms with Crippen molar-refractivity contribution >= 4 is 28.7 Å². The number of pyridine rings is 1. The van der Waals surface area contributed by atoms with Gasteiger partial charge in [-0.3, -0.25) is 5.32 Å². The molecule has 0 aliphatic heterocycles. The van der Waals surface area contributed by atoms with E-state index in [2.05, 4.69) is 15.6 Å². The highest BCUT2D eigenvalue weighted by Gasteiger charge is 2.25. The monoisotopic (exact) mass is 488 g/mol. The van der Waals surface area contributed by atoms with Crippen LogP contribution in [0.15, 0.2) is 54.7 Å². The molecular weight excluding hydrogens is 462 g/mol. The number of fused-ring (bicyclic) bond motifs is 1. The van der Waals surface area contributed by atoms with Gasteiger partial charge in [0.1, 0.15) is 12.4 Å². The Hall–Kier alpha value is -3.83. The molecule has 3 amide bonds. The van der Waals surface area contributed by atoms with Crippen molar-refractivity contribution in [3.05, 3.63) is 71.9 Å². The number of carbonyl (C=O) groups is 2. The second-order valence-electron chi connectivity index (χ2n) is 7.85. The lowest BCUT2D eigenvalue weighted by atomic mass is 10.1. The molecule has 0 saturated heterocycles. The molecule has 1 heterocycles. The van der Waals surface area contributed by atoms with Gasteiger partial charge >= 0.3 is 12.1 Å². The molecule has 9 nitrogen and oxygen atoms in total. The van der Waals surface area contributed by atoms with Crippen LogP contribution < -0.4 is 10.6 Å². The minimum atomic E-state index is -1.18. The molecule has 0 spiro atoms. The first-order chi connectivity index (χ1) is 16.8. The first-order valence-corrected chi connectivity index (χ1v) is 10.8. The fourth-order valence-electron chi connectivity index (χ4n) is 3.34. The smallest absolute Gasteiger partial charge is 0.412 e. The summed E-state index contributed by atoms with van der Waals surface area (Å²) in [7, 11) is 1.39. The summed E-state index contributed by atoms with van der Waals surface area (Å²) >= 11 is 0. The van der Waals surface area contributed by atoms with Crippen molar-refractivity contribution in [1.29, 1.82) is 0 Å². The zero-order chi connectivity index (χ0) is 25.4. The maximum absolute atomic E-state index is 13.8. The quantitative estimate of drug-likeness (QED) is 0.367. The topological polar surface area (TPSA) is 124 Å². The highest BCUT2D eigenvalue weighted by molar-refractivity contribution is 5.89. The maximum atomic E-state index is 13.8. The predicted octanol–water partition coefficient (Wildman–Crippen LogP) is 3.02. The number of halogens is 2. The third kappa shape index (κ3) is 7.08. The normalized spacial score (nSPS) is 12.6. The van der Waals surface area contributed by atoms with Crippen LogP contribution in [0.5, 0.6) is 0 Å². The van der Waals surface area contributed by atoms with E-state index in [1.54, 1.807) is 12.3 Å². The average Bonchev–Trinajstić information content (AvgIpc) is 2.86. The van der Waals surface area contributed by atoms with Gasteiger partial charge in [-0.2, -0.15) is 0 Å². The van der Waals surface area contributed by atoms with E-state index in [1.807, 2.05) is 24.3 Å². The van der Waals surface area contributed by atoms with Crippen LogP contribution in [0.2, 0.25) is 0 Å². The summed E-state index contributed by atoms with van der Waals surface area (Å²) in [5.74, 6) is -1.83. The summed E-state index contributed by atoms with van der Waals surface area (Å²) < 4.78 is 32.4. The van der Waals surface area contributed by atoms with Crippen molar-refractivity contribution < 1.29 is 33.3 Å². The number of likely N-dealkylation sites (N-methyl/N-ethyl adjacent to an activating group) is 1. The molecule has 35 heavy (non-hydrogen) atoms. The Bertz CT molecular complexity index is 1180. The number of nitrogens with zero attached hydrogens (tertiary/aromatic N) is 2. The Kier molecular flexibility index (Phi) is 8.87. The first kappa shape index (κ1) is 25.8. The second kappa shape index (κ2) is 12.0. The van der Waals surface area contributed by atoms with E-state index in [0.29, 0.717) is 0 Å². The van der Waals surface area contributed by atoms with Crippen LogP contribution in [-0.2, 0) is 11.3 Å². The van der Waals surface area contributed by atoms with Crippen molar-refractivity contribution in [3.63, 3.8) is 0 Å². The summed E-state index contributed by atoms with van der Waals surface area (Å²) in [6, 6.07) is 11.3. The highest BCUT2D eigenvalue weighted by atomic mass is 19.2. The number of amides is 3. The molecule has 186 valence electrons. The van der Waals surface area contributed by atoms with Crippen LogP contribution in [0.4, 0.5) is 24.2 Å². The molecule has 0 aliphatic carbocycles. The van der Waals surface area contributed by atoms with Crippen LogP contribution in [-0.4, -0.2) is 64.6 Å².